The highest BCUT2D eigenvalue weighted by atomic mass is 14.4. The molecule has 0 spiro atoms. The molecule has 0 aromatic rings. The van der Waals surface area contributed by atoms with Gasteiger partial charge in [0, 0.05) is 0 Å². The first-order chi connectivity index (χ1) is 4.40. The van der Waals surface area contributed by atoms with Crippen LogP contribution in [0.3, 0.4) is 0 Å². The van der Waals surface area contributed by atoms with E-state index < -0.39 is 0 Å². The number of allylic oxidation sites excluding steroid dienone is 2. The molecule has 0 saturated heterocycles. The van der Waals surface area contributed by atoms with Crippen LogP contribution in [0.25, 0.3) is 0 Å². The zero-order valence-electron chi connectivity index (χ0n) is 6.06. The van der Waals surface area contributed by atoms with Crippen LogP contribution in [0, 0.1) is 11.8 Å². The maximum atomic E-state index is 2.52. The van der Waals surface area contributed by atoms with Gasteiger partial charge < -0.3 is 0 Å². The van der Waals surface area contributed by atoms with Crippen LogP contribution < -0.4 is 0 Å². The molecule has 2 atom stereocenters. The molecular weight excluding hydrogens is 108 g/mol. The molecule has 2 rings (SSSR count). The van der Waals surface area contributed by atoms with Gasteiger partial charge in [0.1, 0.15) is 0 Å². The smallest absolute Gasteiger partial charge is 0.0199 e. The highest BCUT2D eigenvalue weighted by molar-refractivity contribution is 5.16. The second-order valence-corrected chi connectivity index (χ2v) is 3.38. The van der Waals surface area contributed by atoms with Crippen molar-refractivity contribution >= 4 is 0 Å². The van der Waals surface area contributed by atoms with E-state index in [0.29, 0.717) is 0 Å². The topological polar surface area (TPSA) is 0 Å². The summed E-state index contributed by atoms with van der Waals surface area (Å²) in [5, 5.41) is 0. The molecule has 0 nitrogen and oxygen atoms in total. The maximum Gasteiger partial charge on any atom is -0.0199 e. The van der Waals surface area contributed by atoms with E-state index in [4.69, 9.17) is 0 Å². The largest absolute Gasteiger partial charge is 0.0819 e. The molecule has 0 aromatic carbocycles. The van der Waals surface area contributed by atoms with Gasteiger partial charge in [-0.25, -0.2) is 0 Å². The molecule has 1 saturated carbocycles. The fourth-order valence-electron chi connectivity index (χ4n) is 2.04. The van der Waals surface area contributed by atoms with Gasteiger partial charge in [-0.05, 0) is 37.5 Å². The zero-order valence-corrected chi connectivity index (χ0v) is 6.06. The first-order valence-electron chi connectivity index (χ1n) is 4.09. The van der Waals surface area contributed by atoms with Crippen molar-refractivity contribution in [1.29, 1.82) is 0 Å². The van der Waals surface area contributed by atoms with Crippen molar-refractivity contribution in [3.05, 3.63) is 11.6 Å². The van der Waals surface area contributed by atoms with Gasteiger partial charge in [-0.15, -0.1) is 0 Å². The van der Waals surface area contributed by atoms with Gasteiger partial charge in [0.2, 0.25) is 0 Å². The summed E-state index contributed by atoms with van der Waals surface area (Å²) in [6.45, 7) is 2.27. The highest BCUT2D eigenvalue weighted by Gasteiger charge is 2.33. The first-order valence-corrected chi connectivity index (χ1v) is 4.09. The quantitative estimate of drug-likeness (QED) is 0.469. The lowest BCUT2D eigenvalue weighted by Gasteiger charge is -2.29. The number of hydrogen-bond donors (Lipinski definition) is 0. The lowest BCUT2D eigenvalue weighted by Crippen LogP contribution is -2.19. The minimum Gasteiger partial charge on any atom is -0.0819 e. The molecule has 2 aliphatic rings. The van der Waals surface area contributed by atoms with Gasteiger partial charge in [0.05, 0.1) is 0 Å². The van der Waals surface area contributed by atoms with E-state index in [1.54, 1.807) is 5.57 Å². The average molecular weight is 122 g/mol. The monoisotopic (exact) mass is 122 g/mol. The van der Waals surface area contributed by atoms with Crippen LogP contribution in [0.15, 0.2) is 11.6 Å². The first kappa shape index (κ1) is 5.52. The predicted molar refractivity (Wildman–Crippen MR) is 39.2 cm³/mol. The van der Waals surface area contributed by atoms with Crippen LogP contribution in [0.5, 0.6) is 0 Å². The maximum absolute atomic E-state index is 2.52. The van der Waals surface area contributed by atoms with E-state index in [1.807, 2.05) is 0 Å². The van der Waals surface area contributed by atoms with E-state index in [0.717, 1.165) is 11.8 Å². The standard InChI is InChI=1S/C9H14/c1-2-7-5-8-3-4-9(8)6-7/h5,8-9H,2-4,6H2,1H3. The summed E-state index contributed by atoms with van der Waals surface area (Å²) in [6, 6.07) is 0. The Balaban J connectivity index is 2.05. The predicted octanol–water partition coefficient (Wildman–Crippen LogP) is 2.75. The van der Waals surface area contributed by atoms with Crippen molar-refractivity contribution < 1.29 is 0 Å². The molecule has 2 unspecified atom stereocenters. The van der Waals surface area contributed by atoms with Crippen LogP contribution in [0.1, 0.15) is 32.6 Å². The summed E-state index contributed by atoms with van der Waals surface area (Å²) in [7, 11) is 0. The average Bonchev–Trinajstić information content (AvgIpc) is 2.10. The minimum absolute atomic E-state index is 1.01. The molecule has 50 valence electrons. The molecule has 0 bridgehead atoms. The van der Waals surface area contributed by atoms with Crippen molar-refractivity contribution in [3.8, 4) is 0 Å². The van der Waals surface area contributed by atoms with E-state index in [-0.39, 0.29) is 0 Å². The Morgan fingerprint density at radius 3 is 2.78 bits per heavy atom. The Bertz CT molecular complexity index is 144. The Hall–Kier alpha value is -0.260. The van der Waals surface area contributed by atoms with Crippen LogP contribution >= 0.6 is 0 Å². The molecule has 0 radical (unpaired) electrons. The van der Waals surface area contributed by atoms with Gasteiger partial charge >= 0.3 is 0 Å². The molecule has 2 aliphatic carbocycles. The summed E-state index contributed by atoms with van der Waals surface area (Å²) in [6.07, 6.45) is 8.24. The summed E-state index contributed by atoms with van der Waals surface area (Å²) in [5.41, 5.74) is 1.72. The van der Waals surface area contributed by atoms with Gasteiger partial charge in [0.25, 0.3) is 0 Å². The van der Waals surface area contributed by atoms with Crippen molar-refractivity contribution in [2.24, 2.45) is 11.8 Å². The summed E-state index contributed by atoms with van der Waals surface area (Å²) in [4.78, 5) is 0. The van der Waals surface area contributed by atoms with E-state index >= 15 is 0 Å². The van der Waals surface area contributed by atoms with Gasteiger partial charge in [-0.3, -0.25) is 0 Å². The van der Waals surface area contributed by atoms with Crippen molar-refractivity contribution in [1.82, 2.24) is 0 Å². The van der Waals surface area contributed by atoms with Gasteiger partial charge in [-0.2, -0.15) is 0 Å². The second-order valence-electron chi connectivity index (χ2n) is 3.38. The minimum atomic E-state index is 1.01. The van der Waals surface area contributed by atoms with Crippen LogP contribution in [0.2, 0.25) is 0 Å². The van der Waals surface area contributed by atoms with Crippen LogP contribution in [-0.2, 0) is 0 Å². The Kier molecular flexibility index (Phi) is 1.14. The van der Waals surface area contributed by atoms with Crippen molar-refractivity contribution in [2.45, 2.75) is 32.6 Å². The molecule has 0 aliphatic heterocycles. The second kappa shape index (κ2) is 1.86. The number of fused-ring (bicyclic) bond motifs is 1. The number of hydrogen-bond acceptors (Lipinski definition) is 0. The molecule has 1 fully saturated rings. The van der Waals surface area contributed by atoms with Crippen LogP contribution in [-0.4, -0.2) is 0 Å². The third-order valence-corrected chi connectivity index (χ3v) is 2.90. The third-order valence-electron chi connectivity index (χ3n) is 2.90. The molecule has 0 amide bonds. The molecule has 0 heteroatoms. The fraction of sp³-hybridized carbons (Fsp3) is 0.778. The van der Waals surface area contributed by atoms with Crippen molar-refractivity contribution in [3.63, 3.8) is 0 Å². The molecule has 0 N–H and O–H groups in total. The number of rotatable bonds is 1. The summed E-state index contributed by atoms with van der Waals surface area (Å²) >= 11 is 0. The molecule has 0 aromatic heterocycles. The third kappa shape index (κ3) is 0.726. The van der Waals surface area contributed by atoms with Gasteiger partial charge in [-0.1, -0.05) is 18.6 Å². The molecular formula is C9H14. The Morgan fingerprint density at radius 1 is 1.56 bits per heavy atom. The van der Waals surface area contributed by atoms with Gasteiger partial charge in [0.15, 0.2) is 0 Å². The highest BCUT2D eigenvalue weighted by Crippen LogP contribution is 2.45. The lowest BCUT2D eigenvalue weighted by atomic mass is 9.76. The Morgan fingerprint density at radius 2 is 2.44 bits per heavy atom. The lowest BCUT2D eigenvalue weighted by molar-refractivity contribution is 0.247. The summed E-state index contributed by atoms with van der Waals surface area (Å²) in [5.74, 6) is 2.10. The van der Waals surface area contributed by atoms with E-state index in [9.17, 15) is 0 Å². The molecule has 0 heterocycles. The van der Waals surface area contributed by atoms with Crippen molar-refractivity contribution in [2.75, 3.05) is 0 Å². The summed E-state index contributed by atoms with van der Waals surface area (Å²) < 4.78 is 0. The normalized spacial score (nSPS) is 39.4. The zero-order chi connectivity index (χ0) is 6.27. The van der Waals surface area contributed by atoms with E-state index in [1.165, 1.54) is 25.7 Å². The molecule has 9 heavy (non-hydrogen) atoms. The Labute approximate surface area is 57.0 Å². The SMILES string of the molecule is CCC1=CC2CCC2C1. The van der Waals surface area contributed by atoms with Crippen LogP contribution in [0.4, 0.5) is 0 Å². The fourth-order valence-corrected chi connectivity index (χ4v) is 2.04. The van der Waals surface area contributed by atoms with E-state index in [2.05, 4.69) is 13.0 Å².